The maximum Gasteiger partial charge on any atom is 0.508 e. The van der Waals surface area contributed by atoms with Crippen molar-refractivity contribution in [2.24, 2.45) is 0 Å². The summed E-state index contributed by atoms with van der Waals surface area (Å²) in [6, 6.07) is 0. The molecule has 0 rings (SSSR count). The molecule has 47 valence electrons. The second-order valence-corrected chi connectivity index (χ2v) is 1.38. The quantitative estimate of drug-likeness (QED) is 0.480. The second kappa shape index (κ2) is 3.29. The molecule has 0 bridgehead atoms. The Morgan fingerprint density at radius 1 is 1.75 bits per heavy atom. The van der Waals surface area contributed by atoms with Crippen LogP contribution in [0.5, 0.6) is 0 Å². The molecule has 0 fully saturated rings. The third-order valence-electron chi connectivity index (χ3n) is 0.464. The Kier molecular flexibility index (Phi) is 2.99. The van der Waals surface area contributed by atoms with Gasteiger partial charge in [0.25, 0.3) is 0 Å². The van der Waals surface area contributed by atoms with E-state index in [2.05, 4.69) is 16.4 Å². The van der Waals surface area contributed by atoms with Gasteiger partial charge in [-0.05, 0) is 13.8 Å². The average molecular weight is 117 g/mol. The van der Waals surface area contributed by atoms with E-state index in [4.69, 9.17) is 0 Å². The summed E-state index contributed by atoms with van der Waals surface area (Å²) in [6.07, 6.45) is -1.03. The molecule has 0 heterocycles. The predicted octanol–water partition coefficient (Wildman–Crippen LogP) is 0.992. The Morgan fingerprint density at radius 2 is 2.25 bits per heavy atom. The minimum absolute atomic E-state index is 0.345. The van der Waals surface area contributed by atoms with Crippen molar-refractivity contribution in [1.29, 1.82) is 0 Å². The van der Waals surface area contributed by atoms with E-state index in [-0.39, 0.29) is 6.10 Å². The van der Waals surface area contributed by atoms with E-state index in [0.717, 1.165) is 0 Å². The Bertz CT molecular complexity index is 77.7. The molecule has 0 amide bonds. The monoisotopic (exact) mass is 117 g/mol. The van der Waals surface area contributed by atoms with Gasteiger partial charge in [-0.3, -0.25) is 0 Å². The molecule has 1 radical (unpaired) electrons. The predicted molar refractivity (Wildman–Crippen MR) is 28.3 cm³/mol. The first kappa shape index (κ1) is 7.27. The summed E-state index contributed by atoms with van der Waals surface area (Å²) in [5.41, 5.74) is 0. The largest absolute Gasteiger partial charge is 0.508 e. The molecule has 0 N–H and O–H groups in total. The molecular formula is C5H9O3. The topological polar surface area (TPSA) is 35.5 Å². The van der Waals surface area contributed by atoms with Gasteiger partial charge in [0.05, 0.1) is 7.11 Å². The molecule has 0 saturated carbocycles. The number of hydrogen-bond acceptors (Lipinski definition) is 3. The fourth-order valence-electron chi connectivity index (χ4n) is 0.212. The summed E-state index contributed by atoms with van der Waals surface area (Å²) in [5.74, 6) is 0. The first-order chi connectivity index (χ1) is 3.66. The van der Waals surface area contributed by atoms with Gasteiger partial charge in [0.1, 0.15) is 6.10 Å². The summed E-state index contributed by atoms with van der Waals surface area (Å²) in [6.45, 7) is 5.05. The summed E-state index contributed by atoms with van der Waals surface area (Å²) in [5, 5.41) is 0. The maximum atomic E-state index is 10.1. The van der Waals surface area contributed by atoms with Crippen LogP contribution in [-0.2, 0) is 9.47 Å². The van der Waals surface area contributed by atoms with E-state index in [1.54, 1.807) is 6.92 Å². The number of rotatable bonds is 1. The Labute approximate surface area is 48.6 Å². The molecule has 1 atom stereocenters. The van der Waals surface area contributed by atoms with E-state index >= 15 is 0 Å². The van der Waals surface area contributed by atoms with Crippen molar-refractivity contribution in [2.75, 3.05) is 7.11 Å². The van der Waals surface area contributed by atoms with Crippen molar-refractivity contribution in [1.82, 2.24) is 0 Å². The fraction of sp³-hybridized carbons (Fsp3) is 0.600. The van der Waals surface area contributed by atoms with Crippen molar-refractivity contribution in [3.63, 3.8) is 0 Å². The summed E-state index contributed by atoms with van der Waals surface area (Å²) < 4.78 is 8.59. The van der Waals surface area contributed by atoms with Crippen LogP contribution in [0, 0.1) is 6.92 Å². The molecule has 0 aromatic rings. The lowest BCUT2D eigenvalue weighted by Crippen LogP contribution is -2.10. The summed E-state index contributed by atoms with van der Waals surface area (Å²) >= 11 is 0. The van der Waals surface area contributed by atoms with Crippen LogP contribution in [0.25, 0.3) is 0 Å². The van der Waals surface area contributed by atoms with Crippen molar-refractivity contribution in [3.05, 3.63) is 6.92 Å². The number of ether oxygens (including phenoxy) is 2. The number of carbonyl (C=O) groups excluding carboxylic acids is 1. The van der Waals surface area contributed by atoms with Crippen LogP contribution >= 0.6 is 0 Å². The molecule has 1 unspecified atom stereocenters. The van der Waals surface area contributed by atoms with Gasteiger partial charge in [0, 0.05) is 0 Å². The van der Waals surface area contributed by atoms with Crippen LogP contribution in [0.3, 0.4) is 0 Å². The van der Waals surface area contributed by atoms with E-state index < -0.39 is 6.16 Å². The van der Waals surface area contributed by atoms with Crippen molar-refractivity contribution >= 4 is 6.16 Å². The molecule has 0 aliphatic carbocycles. The lowest BCUT2D eigenvalue weighted by atomic mass is 10.5. The van der Waals surface area contributed by atoms with Gasteiger partial charge in [-0.2, -0.15) is 0 Å². The maximum absolute atomic E-state index is 10.1. The first-order valence-corrected chi connectivity index (χ1v) is 2.24. The van der Waals surface area contributed by atoms with Gasteiger partial charge in [0.15, 0.2) is 0 Å². The van der Waals surface area contributed by atoms with Gasteiger partial charge >= 0.3 is 6.16 Å². The number of methoxy groups -OCH3 is 1. The molecule has 8 heavy (non-hydrogen) atoms. The number of hydrogen-bond donors (Lipinski definition) is 0. The van der Waals surface area contributed by atoms with Crippen LogP contribution < -0.4 is 0 Å². The third kappa shape index (κ3) is 3.46. The minimum Gasteiger partial charge on any atom is -0.438 e. The van der Waals surface area contributed by atoms with Crippen molar-refractivity contribution in [3.8, 4) is 0 Å². The molecule has 0 aliphatic heterocycles. The first-order valence-electron chi connectivity index (χ1n) is 2.24. The fourth-order valence-corrected chi connectivity index (χ4v) is 0.212. The van der Waals surface area contributed by atoms with E-state index in [1.165, 1.54) is 7.11 Å². The Hall–Kier alpha value is -0.730. The Morgan fingerprint density at radius 3 is 2.38 bits per heavy atom. The smallest absolute Gasteiger partial charge is 0.438 e. The highest BCUT2D eigenvalue weighted by molar-refractivity contribution is 5.59. The van der Waals surface area contributed by atoms with Gasteiger partial charge in [-0.25, -0.2) is 4.79 Å². The van der Waals surface area contributed by atoms with Gasteiger partial charge in [0.2, 0.25) is 0 Å². The van der Waals surface area contributed by atoms with Crippen molar-refractivity contribution < 1.29 is 14.3 Å². The molecule has 0 saturated heterocycles. The molecule has 3 heteroatoms. The van der Waals surface area contributed by atoms with Gasteiger partial charge in [-0.1, -0.05) is 0 Å². The normalized spacial score (nSPS) is 9.00. The van der Waals surface area contributed by atoms with E-state index in [1.807, 2.05) is 0 Å². The zero-order valence-corrected chi connectivity index (χ0v) is 5.01. The third-order valence-corrected chi connectivity index (χ3v) is 0.464. The van der Waals surface area contributed by atoms with Crippen LogP contribution in [0.4, 0.5) is 4.79 Å². The van der Waals surface area contributed by atoms with E-state index in [9.17, 15) is 4.79 Å². The van der Waals surface area contributed by atoms with Crippen LogP contribution in [0.2, 0.25) is 0 Å². The highest BCUT2D eigenvalue weighted by Crippen LogP contribution is 1.88. The highest BCUT2D eigenvalue weighted by Gasteiger charge is 2.01. The van der Waals surface area contributed by atoms with Crippen LogP contribution in [0.15, 0.2) is 0 Å². The zero-order valence-electron chi connectivity index (χ0n) is 5.01. The average Bonchev–Trinajstić information content (AvgIpc) is 1.65. The molecule has 0 aromatic heterocycles. The Balaban J connectivity index is 3.25. The molecule has 0 aliphatic rings. The lowest BCUT2D eigenvalue weighted by molar-refractivity contribution is 0.0571. The lowest BCUT2D eigenvalue weighted by Gasteiger charge is -2.03. The van der Waals surface area contributed by atoms with Crippen LogP contribution in [-0.4, -0.2) is 19.4 Å². The molecule has 0 aromatic carbocycles. The molecule has 0 spiro atoms. The van der Waals surface area contributed by atoms with Crippen molar-refractivity contribution in [2.45, 2.75) is 13.0 Å². The van der Waals surface area contributed by atoms with E-state index in [0.29, 0.717) is 0 Å². The summed E-state index contributed by atoms with van der Waals surface area (Å²) in [7, 11) is 1.25. The van der Waals surface area contributed by atoms with Gasteiger partial charge < -0.3 is 9.47 Å². The van der Waals surface area contributed by atoms with Gasteiger partial charge in [-0.15, -0.1) is 0 Å². The molecule has 3 nitrogen and oxygen atoms in total. The number of carbonyl (C=O) groups is 1. The second-order valence-electron chi connectivity index (χ2n) is 1.38. The summed E-state index contributed by atoms with van der Waals surface area (Å²) in [4.78, 5) is 10.1. The SMILES string of the molecule is [CH2]C(C)OC(=O)OC. The minimum atomic E-state index is -0.688. The molecular weight excluding hydrogens is 108 g/mol. The van der Waals surface area contributed by atoms with Crippen LogP contribution in [0.1, 0.15) is 6.92 Å². The zero-order chi connectivity index (χ0) is 6.57. The highest BCUT2D eigenvalue weighted by atomic mass is 16.7. The standard InChI is InChI=1S/C5H9O3/c1-4(2)8-5(6)7-3/h4H,1H2,2-3H3.